The molecule has 0 bridgehead atoms. The molecule has 0 aliphatic carbocycles. The number of hydrogen-bond donors (Lipinski definition) is 0. The lowest BCUT2D eigenvalue weighted by Crippen LogP contribution is -2.09. The van der Waals surface area contributed by atoms with Crippen molar-refractivity contribution in [3.63, 3.8) is 0 Å². The van der Waals surface area contributed by atoms with Crippen molar-refractivity contribution in [3.8, 4) is 5.00 Å². The summed E-state index contributed by atoms with van der Waals surface area (Å²) < 4.78 is 7.72. The van der Waals surface area contributed by atoms with Crippen molar-refractivity contribution < 1.29 is 4.74 Å². The van der Waals surface area contributed by atoms with E-state index in [9.17, 15) is 0 Å². The molecule has 1 aliphatic rings. The third-order valence-corrected chi connectivity index (χ3v) is 4.91. The molecule has 4 rings (SSSR count). The Morgan fingerprint density at radius 1 is 1.38 bits per heavy atom. The van der Waals surface area contributed by atoms with Crippen molar-refractivity contribution in [2.45, 2.75) is 19.8 Å². The molecule has 1 unspecified atom stereocenters. The predicted octanol–water partition coefficient (Wildman–Crippen LogP) is 3.37. The first kappa shape index (κ1) is 13.0. The molecule has 5 heteroatoms. The van der Waals surface area contributed by atoms with Crippen LogP contribution in [0.15, 0.2) is 30.5 Å². The van der Waals surface area contributed by atoms with Gasteiger partial charge in [0.1, 0.15) is 16.3 Å². The van der Waals surface area contributed by atoms with Crippen LogP contribution in [0.5, 0.6) is 0 Å². The van der Waals surface area contributed by atoms with E-state index < -0.39 is 0 Å². The van der Waals surface area contributed by atoms with Gasteiger partial charge < -0.3 is 4.74 Å². The second-order valence-electron chi connectivity index (χ2n) is 5.53. The standard InChI is InChI=1S/C16H17N3OS/c1-11-4-5-15(21-11)19-14(9-12-6-8-20-10-12)18-13-3-2-7-17-16(13)19/h2-5,7,12H,6,8-10H2,1H3. The van der Waals surface area contributed by atoms with E-state index in [1.54, 1.807) is 11.3 Å². The van der Waals surface area contributed by atoms with Crippen LogP contribution < -0.4 is 0 Å². The van der Waals surface area contributed by atoms with Crippen molar-refractivity contribution in [1.82, 2.24) is 14.5 Å². The minimum atomic E-state index is 0.571. The van der Waals surface area contributed by atoms with Gasteiger partial charge in [-0.25, -0.2) is 9.97 Å². The number of aromatic nitrogens is 3. The molecule has 4 heterocycles. The molecule has 1 fully saturated rings. The van der Waals surface area contributed by atoms with Gasteiger partial charge in [0, 0.05) is 30.7 Å². The van der Waals surface area contributed by atoms with Gasteiger partial charge in [0.15, 0.2) is 5.65 Å². The van der Waals surface area contributed by atoms with Gasteiger partial charge in [-0.1, -0.05) is 0 Å². The molecule has 0 amide bonds. The van der Waals surface area contributed by atoms with E-state index in [4.69, 9.17) is 9.72 Å². The van der Waals surface area contributed by atoms with Crippen LogP contribution >= 0.6 is 11.3 Å². The lowest BCUT2D eigenvalue weighted by molar-refractivity contribution is 0.185. The fraction of sp³-hybridized carbons (Fsp3) is 0.375. The summed E-state index contributed by atoms with van der Waals surface area (Å²) in [4.78, 5) is 10.7. The highest BCUT2D eigenvalue weighted by Gasteiger charge is 2.21. The van der Waals surface area contributed by atoms with E-state index in [0.717, 1.165) is 43.0 Å². The third kappa shape index (κ3) is 2.36. The molecule has 3 aromatic heterocycles. The molecule has 108 valence electrons. The zero-order valence-corrected chi connectivity index (χ0v) is 12.8. The third-order valence-electron chi connectivity index (χ3n) is 3.93. The Bertz CT molecular complexity index is 771. The lowest BCUT2D eigenvalue weighted by Gasteiger charge is -2.09. The van der Waals surface area contributed by atoms with E-state index >= 15 is 0 Å². The summed E-state index contributed by atoms with van der Waals surface area (Å²) in [5.74, 6) is 1.67. The van der Waals surface area contributed by atoms with E-state index in [-0.39, 0.29) is 0 Å². The number of rotatable bonds is 3. The van der Waals surface area contributed by atoms with Crippen molar-refractivity contribution in [2.75, 3.05) is 13.2 Å². The molecule has 21 heavy (non-hydrogen) atoms. The highest BCUT2D eigenvalue weighted by atomic mass is 32.1. The number of imidazole rings is 1. The van der Waals surface area contributed by atoms with Crippen LogP contribution in [0.4, 0.5) is 0 Å². The summed E-state index contributed by atoms with van der Waals surface area (Å²) in [6, 6.07) is 8.29. The van der Waals surface area contributed by atoms with E-state index in [1.165, 1.54) is 9.88 Å². The van der Waals surface area contributed by atoms with Crippen LogP contribution in [0, 0.1) is 12.8 Å². The lowest BCUT2D eigenvalue weighted by atomic mass is 10.1. The first-order valence-electron chi connectivity index (χ1n) is 7.28. The molecule has 1 saturated heterocycles. The minimum Gasteiger partial charge on any atom is -0.381 e. The fourth-order valence-electron chi connectivity index (χ4n) is 2.87. The number of ether oxygens (including phenoxy) is 1. The van der Waals surface area contributed by atoms with Crippen LogP contribution in [0.2, 0.25) is 0 Å². The molecule has 3 aromatic rings. The van der Waals surface area contributed by atoms with Crippen LogP contribution in [0.1, 0.15) is 17.1 Å². The van der Waals surface area contributed by atoms with Gasteiger partial charge in [-0.15, -0.1) is 11.3 Å². The zero-order chi connectivity index (χ0) is 14.2. The molecular formula is C16H17N3OS. The van der Waals surface area contributed by atoms with Gasteiger partial charge in [-0.3, -0.25) is 4.57 Å². The summed E-state index contributed by atoms with van der Waals surface area (Å²) in [6.07, 6.45) is 3.91. The first-order valence-corrected chi connectivity index (χ1v) is 8.10. The van der Waals surface area contributed by atoms with E-state index in [2.05, 4.69) is 28.6 Å². The minimum absolute atomic E-state index is 0.571. The van der Waals surface area contributed by atoms with Crippen LogP contribution in [-0.2, 0) is 11.2 Å². The van der Waals surface area contributed by atoms with Crippen LogP contribution in [0.3, 0.4) is 0 Å². The Morgan fingerprint density at radius 3 is 3.10 bits per heavy atom. The van der Waals surface area contributed by atoms with Gasteiger partial charge in [0.25, 0.3) is 0 Å². The largest absolute Gasteiger partial charge is 0.381 e. The van der Waals surface area contributed by atoms with E-state index in [1.807, 2.05) is 18.3 Å². The SMILES string of the molecule is Cc1ccc(-n2c(CC3CCOC3)nc3cccnc32)s1. The van der Waals surface area contributed by atoms with Crippen molar-refractivity contribution in [1.29, 1.82) is 0 Å². The average molecular weight is 299 g/mol. The Morgan fingerprint density at radius 2 is 2.33 bits per heavy atom. The number of thiophene rings is 1. The van der Waals surface area contributed by atoms with E-state index in [0.29, 0.717) is 5.92 Å². The number of aryl methyl sites for hydroxylation is 1. The quantitative estimate of drug-likeness (QED) is 0.744. The highest BCUT2D eigenvalue weighted by molar-refractivity contribution is 7.14. The predicted molar refractivity (Wildman–Crippen MR) is 84.1 cm³/mol. The Kier molecular flexibility index (Phi) is 3.24. The molecule has 4 nitrogen and oxygen atoms in total. The van der Waals surface area contributed by atoms with Crippen LogP contribution in [0.25, 0.3) is 16.2 Å². The average Bonchev–Trinajstić information content (AvgIpc) is 3.18. The molecule has 0 N–H and O–H groups in total. The first-order chi connectivity index (χ1) is 10.3. The van der Waals surface area contributed by atoms with Gasteiger partial charge in [0.05, 0.1) is 0 Å². The summed E-state index contributed by atoms with van der Waals surface area (Å²) in [5, 5.41) is 1.20. The fourth-order valence-corrected chi connectivity index (χ4v) is 3.76. The Labute approximate surface area is 127 Å². The zero-order valence-electron chi connectivity index (χ0n) is 12.0. The molecule has 0 saturated carbocycles. The summed E-state index contributed by atoms with van der Waals surface area (Å²) in [7, 11) is 0. The maximum Gasteiger partial charge on any atom is 0.165 e. The topological polar surface area (TPSA) is 39.9 Å². The summed E-state index contributed by atoms with van der Waals surface area (Å²) in [5.41, 5.74) is 1.92. The number of nitrogens with zero attached hydrogens (tertiary/aromatic N) is 3. The number of hydrogen-bond acceptors (Lipinski definition) is 4. The molecule has 0 radical (unpaired) electrons. The van der Waals surface area contributed by atoms with Crippen molar-refractivity contribution in [3.05, 3.63) is 41.2 Å². The molecule has 1 aliphatic heterocycles. The molecule has 1 atom stereocenters. The number of fused-ring (bicyclic) bond motifs is 1. The second kappa shape index (κ2) is 5.24. The summed E-state index contributed by atoms with van der Waals surface area (Å²) in [6.45, 7) is 3.85. The second-order valence-corrected chi connectivity index (χ2v) is 6.79. The van der Waals surface area contributed by atoms with Crippen molar-refractivity contribution >= 4 is 22.5 Å². The van der Waals surface area contributed by atoms with Gasteiger partial charge in [-0.05, 0) is 43.5 Å². The molecular weight excluding hydrogens is 282 g/mol. The van der Waals surface area contributed by atoms with Gasteiger partial charge in [-0.2, -0.15) is 0 Å². The smallest absolute Gasteiger partial charge is 0.165 e. The maximum absolute atomic E-state index is 5.50. The van der Waals surface area contributed by atoms with Crippen LogP contribution in [-0.4, -0.2) is 27.7 Å². The van der Waals surface area contributed by atoms with Gasteiger partial charge >= 0.3 is 0 Å². The highest BCUT2D eigenvalue weighted by Crippen LogP contribution is 2.28. The van der Waals surface area contributed by atoms with Gasteiger partial charge in [0.2, 0.25) is 0 Å². The normalized spacial score (nSPS) is 18.6. The Hall–Kier alpha value is -1.72. The molecule has 0 spiro atoms. The van der Waals surface area contributed by atoms with Crippen molar-refractivity contribution in [2.24, 2.45) is 5.92 Å². The maximum atomic E-state index is 5.50. The monoisotopic (exact) mass is 299 g/mol. The summed E-state index contributed by atoms with van der Waals surface area (Å²) >= 11 is 1.78. The number of pyridine rings is 1. The Balaban J connectivity index is 1.84. The molecule has 0 aromatic carbocycles.